The van der Waals surface area contributed by atoms with Gasteiger partial charge in [-0.3, -0.25) is 9.59 Å². The van der Waals surface area contributed by atoms with Gasteiger partial charge in [-0.25, -0.2) is 0 Å². The zero-order chi connectivity index (χ0) is 19.9. The Morgan fingerprint density at radius 1 is 1.14 bits per heavy atom. The lowest BCUT2D eigenvalue weighted by molar-refractivity contribution is -0.121. The van der Waals surface area contributed by atoms with Crippen LogP contribution in [-0.2, 0) is 11.2 Å². The maximum atomic E-state index is 12.6. The quantitative estimate of drug-likeness (QED) is 0.750. The second kappa shape index (κ2) is 9.73. The smallest absolute Gasteiger partial charge is 0.253 e. The van der Waals surface area contributed by atoms with Crippen molar-refractivity contribution in [3.05, 3.63) is 52.2 Å². The predicted molar refractivity (Wildman–Crippen MR) is 115 cm³/mol. The number of carbonyl (C=O) groups excluding carboxylic acids is 2. The Labute approximate surface area is 171 Å². The Morgan fingerprint density at radius 2 is 1.89 bits per heavy atom. The van der Waals surface area contributed by atoms with E-state index in [1.807, 2.05) is 41.8 Å². The first-order chi connectivity index (χ1) is 13.5. The Kier molecular flexibility index (Phi) is 7.09. The van der Waals surface area contributed by atoms with Crippen LogP contribution in [0.3, 0.4) is 0 Å². The van der Waals surface area contributed by atoms with E-state index in [0.717, 1.165) is 42.1 Å². The molecule has 1 aliphatic heterocycles. The van der Waals surface area contributed by atoms with Gasteiger partial charge in [-0.2, -0.15) is 0 Å². The molecule has 2 N–H and O–H groups in total. The molecule has 1 fully saturated rings. The van der Waals surface area contributed by atoms with Gasteiger partial charge >= 0.3 is 0 Å². The van der Waals surface area contributed by atoms with E-state index in [1.54, 1.807) is 11.3 Å². The molecule has 0 aliphatic carbocycles. The first-order valence-corrected chi connectivity index (χ1v) is 10.8. The Balaban J connectivity index is 1.54. The van der Waals surface area contributed by atoms with E-state index in [2.05, 4.69) is 29.4 Å². The van der Waals surface area contributed by atoms with Crippen molar-refractivity contribution in [1.82, 2.24) is 10.6 Å². The summed E-state index contributed by atoms with van der Waals surface area (Å²) < 4.78 is 0. The van der Waals surface area contributed by atoms with Crippen molar-refractivity contribution in [3.8, 4) is 0 Å². The van der Waals surface area contributed by atoms with E-state index in [4.69, 9.17) is 0 Å². The second-order valence-corrected chi connectivity index (χ2v) is 8.74. The minimum Gasteiger partial charge on any atom is -0.371 e. The Hall–Kier alpha value is -2.34. The monoisotopic (exact) mass is 399 g/mol. The van der Waals surface area contributed by atoms with Crippen LogP contribution < -0.4 is 15.5 Å². The number of nitrogens with zero attached hydrogens (tertiary/aromatic N) is 1. The third-order valence-corrected chi connectivity index (χ3v) is 5.81. The lowest BCUT2D eigenvalue weighted by Crippen LogP contribution is -2.45. The molecule has 2 heterocycles. The minimum absolute atomic E-state index is 0.0179. The zero-order valence-electron chi connectivity index (χ0n) is 16.6. The van der Waals surface area contributed by atoms with Gasteiger partial charge in [0.15, 0.2) is 0 Å². The molecule has 0 saturated carbocycles. The van der Waals surface area contributed by atoms with Crippen LogP contribution in [0.1, 0.15) is 41.9 Å². The lowest BCUT2D eigenvalue weighted by Gasteiger charge is -2.35. The van der Waals surface area contributed by atoms with Crippen molar-refractivity contribution >= 4 is 28.8 Å². The summed E-state index contributed by atoms with van der Waals surface area (Å²) in [4.78, 5) is 28.2. The van der Waals surface area contributed by atoms with Crippen LogP contribution >= 0.6 is 11.3 Å². The molecule has 0 unspecified atom stereocenters. The molecule has 3 rings (SSSR count). The maximum Gasteiger partial charge on any atom is 0.253 e. The van der Waals surface area contributed by atoms with Gasteiger partial charge in [0, 0.05) is 36.2 Å². The highest BCUT2D eigenvalue weighted by Gasteiger charge is 2.23. The lowest BCUT2D eigenvalue weighted by atomic mass is 10.0. The fraction of sp³-hybridized carbons (Fsp3) is 0.455. The zero-order valence-corrected chi connectivity index (χ0v) is 17.4. The summed E-state index contributed by atoms with van der Waals surface area (Å²) in [5.41, 5.74) is 1.70. The van der Waals surface area contributed by atoms with Crippen molar-refractivity contribution in [2.24, 2.45) is 5.92 Å². The molecule has 0 spiro atoms. The summed E-state index contributed by atoms with van der Waals surface area (Å²) >= 11 is 1.61. The third kappa shape index (κ3) is 5.58. The molecule has 1 aliphatic rings. The van der Waals surface area contributed by atoms with Crippen LogP contribution in [-0.4, -0.2) is 37.5 Å². The average Bonchev–Trinajstić information content (AvgIpc) is 3.19. The van der Waals surface area contributed by atoms with Crippen molar-refractivity contribution in [1.29, 1.82) is 0 Å². The molecule has 150 valence electrons. The number of para-hydroxylation sites is 1. The van der Waals surface area contributed by atoms with Crippen LogP contribution in [0.4, 0.5) is 5.69 Å². The number of anilines is 1. The summed E-state index contributed by atoms with van der Waals surface area (Å²) in [5, 5.41) is 8.17. The Bertz CT molecular complexity index is 781. The molecular formula is C22H29N3O2S. The van der Waals surface area contributed by atoms with Crippen molar-refractivity contribution in [3.63, 3.8) is 0 Å². The molecule has 5 nitrogen and oxygen atoms in total. The highest BCUT2D eigenvalue weighted by atomic mass is 32.1. The van der Waals surface area contributed by atoms with Gasteiger partial charge in [-0.15, -0.1) is 11.3 Å². The molecule has 28 heavy (non-hydrogen) atoms. The number of hydrogen-bond donors (Lipinski definition) is 2. The van der Waals surface area contributed by atoms with Crippen LogP contribution in [0.5, 0.6) is 0 Å². The van der Waals surface area contributed by atoms with Crippen molar-refractivity contribution in [2.75, 3.05) is 24.5 Å². The van der Waals surface area contributed by atoms with Gasteiger partial charge in [0.2, 0.25) is 5.91 Å². The van der Waals surface area contributed by atoms with E-state index >= 15 is 0 Å². The molecule has 2 aromatic rings. The fourth-order valence-electron chi connectivity index (χ4n) is 3.45. The van der Waals surface area contributed by atoms with E-state index < -0.39 is 0 Å². The molecular weight excluding hydrogens is 370 g/mol. The third-order valence-electron chi connectivity index (χ3n) is 4.94. The van der Waals surface area contributed by atoms with Crippen molar-refractivity contribution in [2.45, 2.75) is 39.2 Å². The number of amides is 2. The Morgan fingerprint density at radius 3 is 2.57 bits per heavy atom. The molecule has 1 aromatic heterocycles. The SMILES string of the molecule is CC(C)CNC(=O)c1ccccc1N1CCC(NC(=O)Cc2cccs2)CC1. The summed E-state index contributed by atoms with van der Waals surface area (Å²) in [6.07, 6.45) is 2.23. The number of hydrogen-bond acceptors (Lipinski definition) is 4. The topological polar surface area (TPSA) is 61.4 Å². The summed E-state index contributed by atoms with van der Waals surface area (Å²) in [6.45, 7) is 6.51. The highest BCUT2D eigenvalue weighted by Crippen LogP contribution is 2.24. The van der Waals surface area contributed by atoms with Gasteiger partial charge in [0.25, 0.3) is 5.91 Å². The first-order valence-electron chi connectivity index (χ1n) is 9.97. The van der Waals surface area contributed by atoms with E-state index in [0.29, 0.717) is 18.9 Å². The molecule has 2 amide bonds. The molecule has 0 radical (unpaired) electrons. The summed E-state index contributed by atoms with van der Waals surface area (Å²) in [6, 6.07) is 12.0. The molecule has 0 bridgehead atoms. The van der Waals surface area contributed by atoms with Gasteiger partial charge in [-0.05, 0) is 42.3 Å². The normalized spacial score (nSPS) is 14.9. The highest BCUT2D eigenvalue weighted by molar-refractivity contribution is 7.10. The van der Waals surface area contributed by atoms with Crippen LogP contribution in [0, 0.1) is 5.92 Å². The molecule has 0 atom stereocenters. The van der Waals surface area contributed by atoms with Gasteiger partial charge < -0.3 is 15.5 Å². The summed E-state index contributed by atoms with van der Waals surface area (Å²) in [7, 11) is 0. The van der Waals surface area contributed by atoms with Crippen molar-refractivity contribution < 1.29 is 9.59 Å². The van der Waals surface area contributed by atoms with E-state index in [9.17, 15) is 9.59 Å². The predicted octanol–water partition coefficient (Wildman–Crippen LogP) is 3.46. The maximum absolute atomic E-state index is 12.6. The largest absolute Gasteiger partial charge is 0.371 e. The van der Waals surface area contributed by atoms with Gasteiger partial charge in [-0.1, -0.05) is 32.0 Å². The van der Waals surface area contributed by atoms with Gasteiger partial charge in [0.05, 0.1) is 12.0 Å². The number of piperidine rings is 1. The number of carbonyl (C=O) groups is 2. The fourth-order valence-corrected chi connectivity index (χ4v) is 4.15. The molecule has 1 saturated heterocycles. The average molecular weight is 400 g/mol. The van der Waals surface area contributed by atoms with Crippen LogP contribution in [0.2, 0.25) is 0 Å². The van der Waals surface area contributed by atoms with E-state index in [1.165, 1.54) is 0 Å². The standard InChI is InChI=1S/C22H29N3O2S/c1-16(2)15-23-22(27)19-7-3-4-8-20(19)25-11-9-17(10-12-25)24-21(26)14-18-6-5-13-28-18/h3-8,13,16-17H,9-12,14-15H2,1-2H3,(H,23,27)(H,24,26). The first kappa shape index (κ1) is 20.4. The second-order valence-electron chi connectivity index (χ2n) is 7.71. The number of benzene rings is 1. The number of rotatable bonds is 7. The van der Waals surface area contributed by atoms with Crippen LogP contribution in [0.15, 0.2) is 41.8 Å². The molecule has 6 heteroatoms. The molecule has 1 aromatic carbocycles. The number of nitrogens with one attached hydrogen (secondary N) is 2. The van der Waals surface area contributed by atoms with E-state index in [-0.39, 0.29) is 17.9 Å². The number of thiophene rings is 1. The van der Waals surface area contributed by atoms with Gasteiger partial charge in [0.1, 0.15) is 0 Å². The van der Waals surface area contributed by atoms with Crippen LogP contribution in [0.25, 0.3) is 0 Å². The minimum atomic E-state index is -0.0179. The summed E-state index contributed by atoms with van der Waals surface area (Å²) in [5.74, 6) is 0.495.